The molecule has 0 amide bonds. The van der Waals surface area contributed by atoms with Crippen molar-refractivity contribution >= 4 is 17.1 Å². The smallest absolute Gasteiger partial charge is 0.145 e. The van der Waals surface area contributed by atoms with Gasteiger partial charge in [-0.2, -0.15) is 0 Å². The van der Waals surface area contributed by atoms with Crippen LogP contribution in [0.25, 0.3) is 0 Å². The third-order valence-corrected chi connectivity index (χ3v) is 2.76. The zero-order valence-electron chi connectivity index (χ0n) is 11.6. The molecule has 20 heavy (non-hydrogen) atoms. The molecule has 1 heterocycles. The molecule has 2 N–H and O–H groups in total. The molecule has 1 aromatic carbocycles. The van der Waals surface area contributed by atoms with E-state index in [-0.39, 0.29) is 5.82 Å². The predicted molar refractivity (Wildman–Crippen MR) is 79.3 cm³/mol. The molecule has 0 aliphatic rings. The molecule has 1 aromatic heterocycles. The Hall–Kier alpha value is -2.30. The summed E-state index contributed by atoms with van der Waals surface area (Å²) in [5, 5.41) is 6.44. The highest BCUT2D eigenvalue weighted by Gasteiger charge is 2.05. The first kappa shape index (κ1) is 14.1. The number of methoxy groups -OCH3 is 1. The summed E-state index contributed by atoms with van der Waals surface area (Å²) in [5.41, 5.74) is 2.46. The van der Waals surface area contributed by atoms with Gasteiger partial charge in [-0.3, -0.25) is 4.98 Å². The molecule has 0 fully saturated rings. The first-order valence-corrected chi connectivity index (χ1v) is 6.52. The summed E-state index contributed by atoms with van der Waals surface area (Å²) in [5.74, 6) is 0.126. The first-order valence-electron chi connectivity index (χ1n) is 6.52. The Kier molecular flexibility index (Phi) is 4.76. The third kappa shape index (κ3) is 3.60. The highest BCUT2D eigenvalue weighted by molar-refractivity contribution is 5.68. The van der Waals surface area contributed by atoms with Gasteiger partial charge in [0.2, 0.25) is 0 Å². The fourth-order valence-corrected chi connectivity index (χ4v) is 1.80. The number of ether oxygens (including phenoxy) is 1. The van der Waals surface area contributed by atoms with Crippen LogP contribution in [0.15, 0.2) is 36.7 Å². The molecule has 5 heteroatoms. The topological polar surface area (TPSA) is 46.2 Å². The number of aromatic nitrogens is 1. The number of pyridine rings is 1. The lowest BCUT2D eigenvalue weighted by Crippen LogP contribution is -2.01. The van der Waals surface area contributed by atoms with Gasteiger partial charge in [-0.15, -0.1) is 0 Å². The van der Waals surface area contributed by atoms with Crippen molar-refractivity contribution in [1.82, 2.24) is 4.98 Å². The summed E-state index contributed by atoms with van der Waals surface area (Å²) in [4.78, 5) is 4.17. The summed E-state index contributed by atoms with van der Waals surface area (Å²) >= 11 is 0. The lowest BCUT2D eigenvalue weighted by atomic mass is 10.2. The Bertz CT molecular complexity index is 575. The van der Waals surface area contributed by atoms with Gasteiger partial charge in [0.15, 0.2) is 0 Å². The van der Waals surface area contributed by atoms with Gasteiger partial charge in [0.05, 0.1) is 36.6 Å². The van der Waals surface area contributed by atoms with Gasteiger partial charge in [0.25, 0.3) is 0 Å². The maximum atomic E-state index is 13.1. The molecule has 0 bridgehead atoms. The lowest BCUT2D eigenvalue weighted by Gasteiger charge is -2.12. The Morgan fingerprint density at radius 3 is 2.75 bits per heavy atom. The Labute approximate surface area is 118 Å². The van der Waals surface area contributed by atoms with Gasteiger partial charge in [0.1, 0.15) is 11.6 Å². The Morgan fingerprint density at radius 1 is 1.20 bits per heavy atom. The van der Waals surface area contributed by atoms with Crippen molar-refractivity contribution in [2.75, 3.05) is 24.3 Å². The zero-order valence-corrected chi connectivity index (χ0v) is 11.6. The van der Waals surface area contributed by atoms with Crippen molar-refractivity contribution in [3.63, 3.8) is 0 Å². The van der Waals surface area contributed by atoms with Crippen LogP contribution in [0.3, 0.4) is 0 Å². The summed E-state index contributed by atoms with van der Waals surface area (Å²) in [6.07, 6.45) is 4.52. The van der Waals surface area contributed by atoms with E-state index in [1.54, 1.807) is 18.5 Å². The van der Waals surface area contributed by atoms with Crippen LogP contribution in [0.4, 0.5) is 21.5 Å². The first-order chi connectivity index (χ1) is 9.72. The molecule has 0 aliphatic carbocycles. The minimum atomic E-state index is -0.330. The van der Waals surface area contributed by atoms with E-state index in [0.29, 0.717) is 11.4 Å². The highest BCUT2D eigenvalue weighted by Crippen LogP contribution is 2.28. The molecular weight excluding hydrogens is 257 g/mol. The SMILES string of the molecule is CCCNc1cncc(Nc2ccc(F)cc2OC)c1. The average Bonchev–Trinajstić information content (AvgIpc) is 2.47. The second kappa shape index (κ2) is 6.75. The second-order valence-electron chi connectivity index (χ2n) is 4.36. The van der Waals surface area contributed by atoms with Crippen LogP contribution in [-0.2, 0) is 0 Å². The number of nitrogens with one attached hydrogen (secondary N) is 2. The summed E-state index contributed by atoms with van der Waals surface area (Å²) in [6.45, 7) is 3.00. The van der Waals surface area contributed by atoms with Crippen molar-refractivity contribution in [2.24, 2.45) is 0 Å². The molecule has 0 aliphatic heterocycles. The van der Waals surface area contributed by atoms with Crippen LogP contribution < -0.4 is 15.4 Å². The molecule has 0 spiro atoms. The molecule has 4 nitrogen and oxygen atoms in total. The molecule has 0 saturated heterocycles. The van der Waals surface area contributed by atoms with Crippen molar-refractivity contribution in [2.45, 2.75) is 13.3 Å². The maximum absolute atomic E-state index is 13.1. The van der Waals surface area contributed by atoms with E-state index in [4.69, 9.17) is 4.74 Å². The van der Waals surface area contributed by atoms with Crippen molar-refractivity contribution in [3.8, 4) is 5.75 Å². The number of benzene rings is 1. The highest BCUT2D eigenvalue weighted by atomic mass is 19.1. The predicted octanol–water partition coefficient (Wildman–Crippen LogP) is 3.79. The number of anilines is 3. The standard InChI is InChI=1S/C15H18FN3O/c1-3-6-18-12-8-13(10-17-9-12)19-14-5-4-11(16)7-15(14)20-2/h4-5,7-10,18-19H,3,6H2,1-2H3. The van der Waals surface area contributed by atoms with Crippen LogP contribution in [0.1, 0.15) is 13.3 Å². The molecule has 0 unspecified atom stereocenters. The Balaban J connectivity index is 2.17. The quantitative estimate of drug-likeness (QED) is 0.842. The number of rotatable bonds is 6. The molecule has 0 radical (unpaired) electrons. The molecule has 2 rings (SSSR count). The van der Waals surface area contributed by atoms with E-state index in [9.17, 15) is 4.39 Å². The van der Waals surface area contributed by atoms with E-state index < -0.39 is 0 Å². The van der Waals surface area contributed by atoms with Gasteiger partial charge in [-0.25, -0.2) is 4.39 Å². The lowest BCUT2D eigenvalue weighted by molar-refractivity contribution is 0.413. The van der Waals surface area contributed by atoms with Gasteiger partial charge in [-0.05, 0) is 24.6 Å². The van der Waals surface area contributed by atoms with Crippen LogP contribution in [-0.4, -0.2) is 18.6 Å². The van der Waals surface area contributed by atoms with E-state index >= 15 is 0 Å². The number of hydrogen-bond donors (Lipinski definition) is 2. The van der Waals surface area contributed by atoms with Crippen LogP contribution in [0, 0.1) is 5.82 Å². The monoisotopic (exact) mass is 275 g/mol. The van der Waals surface area contributed by atoms with E-state index in [2.05, 4.69) is 22.5 Å². The summed E-state index contributed by atoms with van der Waals surface area (Å²) in [7, 11) is 1.51. The van der Waals surface area contributed by atoms with E-state index in [0.717, 1.165) is 24.3 Å². The molecule has 0 atom stereocenters. The van der Waals surface area contributed by atoms with Crippen molar-refractivity contribution < 1.29 is 9.13 Å². The molecule has 2 aromatic rings. The van der Waals surface area contributed by atoms with Crippen LogP contribution >= 0.6 is 0 Å². The fraction of sp³-hybridized carbons (Fsp3) is 0.267. The molecular formula is C15H18FN3O. The average molecular weight is 275 g/mol. The summed E-state index contributed by atoms with van der Waals surface area (Å²) in [6, 6.07) is 6.32. The van der Waals surface area contributed by atoms with E-state index in [1.165, 1.54) is 19.2 Å². The minimum Gasteiger partial charge on any atom is -0.494 e. The number of nitrogens with zero attached hydrogens (tertiary/aromatic N) is 1. The van der Waals surface area contributed by atoms with Gasteiger partial charge in [-0.1, -0.05) is 6.92 Å². The Morgan fingerprint density at radius 2 is 2.00 bits per heavy atom. The summed E-state index contributed by atoms with van der Waals surface area (Å²) < 4.78 is 18.3. The minimum absolute atomic E-state index is 0.330. The van der Waals surface area contributed by atoms with Gasteiger partial charge < -0.3 is 15.4 Å². The van der Waals surface area contributed by atoms with Crippen LogP contribution in [0.5, 0.6) is 5.75 Å². The van der Waals surface area contributed by atoms with Crippen molar-refractivity contribution in [1.29, 1.82) is 0 Å². The van der Waals surface area contributed by atoms with Crippen molar-refractivity contribution in [3.05, 3.63) is 42.5 Å². The van der Waals surface area contributed by atoms with Crippen LogP contribution in [0.2, 0.25) is 0 Å². The second-order valence-corrected chi connectivity index (χ2v) is 4.36. The fourth-order valence-electron chi connectivity index (χ4n) is 1.80. The number of halogens is 1. The largest absolute Gasteiger partial charge is 0.494 e. The van der Waals surface area contributed by atoms with Gasteiger partial charge >= 0.3 is 0 Å². The normalized spacial score (nSPS) is 10.2. The molecule has 106 valence electrons. The number of hydrogen-bond acceptors (Lipinski definition) is 4. The third-order valence-electron chi connectivity index (χ3n) is 2.76. The maximum Gasteiger partial charge on any atom is 0.145 e. The van der Waals surface area contributed by atoms with Gasteiger partial charge in [0, 0.05) is 12.6 Å². The van der Waals surface area contributed by atoms with E-state index in [1.807, 2.05) is 6.07 Å². The molecule has 0 saturated carbocycles. The zero-order chi connectivity index (χ0) is 14.4.